The zero-order valence-electron chi connectivity index (χ0n) is 21.8. The summed E-state index contributed by atoms with van der Waals surface area (Å²) in [6, 6.07) is 15.7. The summed E-state index contributed by atoms with van der Waals surface area (Å²) in [6.07, 6.45) is 6.59. The molecule has 1 amide bonds. The number of aliphatic hydroxyl groups is 2. The molecule has 2 N–H and O–H groups in total. The Hall–Kier alpha value is -1.85. The van der Waals surface area contributed by atoms with E-state index in [1.165, 1.54) is 0 Å². The van der Waals surface area contributed by atoms with E-state index in [0.29, 0.717) is 29.3 Å². The monoisotopic (exact) mass is 541 g/mol. The van der Waals surface area contributed by atoms with Gasteiger partial charge in [-0.25, -0.2) is 0 Å². The maximum atomic E-state index is 14.6. The van der Waals surface area contributed by atoms with Crippen molar-refractivity contribution in [2.24, 2.45) is 16.7 Å². The van der Waals surface area contributed by atoms with Crippen LogP contribution in [0.15, 0.2) is 60.7 Å². The van der Waals surface area contributed by atoms with Gasteiger partial charge in [0, 0.05) is 26.8 Å². The van der Waals surface area contributed by atoms with Gasteiger partial charge < -0.3 is 15.1 Å². The van der Waals surface area contributed by atoms with Gasteiger partial charge in [0.05, 0.1) is 24.3 Å². The highest BCUT2D eigenvalue weighted by Gasteiger charge is 2.55. The Morgan fingerprint density at radius 2 is 1.73 bits per heavy atom. The molecule has 2 aromatic carbocycles. The lowest BCUT2D eigenvalue weighted by atomic mass is 9.64. The number of hydrogen-bond acceptors (Lipinski definition) is 3. The maximum Gasteiger partial charge on any atom is 0.229 e. The summed E-state index contributed by atoms with van der Waals surface area (Å²) in [4.78, 5) is 16.7. The smallest absolute Gasteiger partial charge is 0.229 e. The molecule has 4 nitrogen and oxygen atoms in total. The third-order valence-corrected chi connectivity index (χ3v) is 9.73. The van der Waals surface area contributed by atoms with E-state index >= 15 is 0 Å². The second-order valence-corrected chi connectivity index (χ2v) is 13.1. The summed E-state index contributed by atoms with van der Waals surface area (Å²) < 4.78 is 0. The SMILES string of the molecule is CC1(C)C(O)CC(C[C@@]2(C)C[C@H](c3cccc(Cl)c3)[C@@H](c3ccc(Cl)cc3)N(C3C=CCC3)C2=O)C1O. The first-order chi connectivity index (χ1) is 17.5. The van der Waals surface area contributed by atoms with Crippen LogP contribution in [0.3, 0.4) is 0 Å². The molecule has 4 unspecified atom stereocenters. The van der Waals surface area contributed by atoms with Crippen LogP contribution >= 0.6 is 23.2 Å². The quantitative estimate of drug-likeness (QED) is 0.403. The van der Waals surface area contributed by atoms with Crippen LogP contribution in [0.25, 0.3) is 0 Å². The number of likely N-dealkylation sites (tertiary alicyclic amines) is 1. The van der Waals surface area contributed by atoms with Crippen LogP contribution in [0, 0.1) is 16.7 Å². The Balaban J connectivity index is 1.60. The number of rotatable bonds is 5. The molecular weight excluding hydrogens is 505 g/mol. The molecule has 198 valence electrons. The van der Waals surface area contributed by atoms with Gasteiger partial charge in [-0.1, -0.05) is 80.4 Å². The molecule has 5 rings (SSSR count). The molecule has 6 heteroatoms. The van der Waals surface area contributed by atoms with Gasteiger partial charge in [0.25, 0.3) is 0 Å². The Bertz CT molecular complexity index is 1180. The highest BCUT2D eigenvalue weighted by Crippen LogP contribution is 2.55. The Morgan fingerprint density at radius 1 is 1.00 bits per heavy atom. The molecule has 2 aliphatic carbocycles. The Kier molecular flexibility index (Phi) is 7.25. The molecule has 1 heterocycles. The van der Waals surface area contributed by atoms with Crippen LogP contribution in [0.5, 0.6) is 0 Å². The van der Waals surface area contributed by atoms with Crippen molar-refractivity contribution in [3.8, 4) is 0 Å². The minimum absolute atomic E-state index is 0.00465. The Labute approximate surface area is 230 Å². The van der Waals surface area contributed by atoms with Crippen LogP contribution < -0.4 is 0 Å². The van der Waals surface area contributed by atoms with Crippen molar-refractivity contribution >= 4 is 29.1 Å². The van der Waals surface area contributed by atoms with Gasteiger partial charge in [-0.05, 0) is 73.4 Å². The van der Waals surface area contributed by atoms with E-state index in [1.807, 2.05) is 56.3 Å². The zero-order valence-corrected chi connectivity index (χ0v) is 23.3. The number of amides is 1. The van der Waals surface area contributed by atoms with E-state index in [9.17, 15) is 15.0 Å². The number of carbonyl (C=O) groups is 1. The van der Waals surface area contributed by atoms with Crippen molar-refractivity contribution in [3.05, 3.63) is 81.9 Å². The zero-order chi connectivity index (χ0) is 26.5. The molecule has 1 aliphatic heterocycles. The minimum Gasteiger partial charge on any atom is -0.392 e. The van der Waals surface area contributed by atoms with Gasteiger partial charge in [-0.2, -0.15) is 0 Å². The van der Waals surface area contributed by atoms with Crippen LogP contribution in [0.1, 0.15) is 76.0 Å². The molecule has 1 saturated carbocycles. The number of aliphatic hydroxyl groups excluding tert-OH is 2. The number of nitrogens with zero attached hydrogens (tertiary/aromatic N) is 1. The lowest BCUT2D eigenvalue weighted by molar-refractivity contribution is -0.155. The lowest BCUT2D eigenvalue weighted by Gasteiger charge is -2.52. The van der Waals surface area contributed by atoms with Crippen molar-refractivity contribution in [1.29, 1.82) is 0 Å². The fourth-order valence-corrected chi connectivity index (χ4v) is 7.40. The molecule has 0 radical (unpaired) electrons. The van der Waals surface area contributed by atoms with E-state index in [-0.39, 0.29) is 29.8 Å². The molecule has 0 aromatic heterocycles. The van der Waals surface area contributed by atoms with E-state index in [2.05, 4.69) is 30.0 Å². The van der Waals surface area contributed by atoms with Crippen molar-refractivity contribution in [1.82, 2.24) is 4.90 Å². The fraction of sp³-hybridized carbons (Fsp3) is 0.516. The number of benzene rings is 2. The first-order valence-electron chi connectivity index (χ1n) is 13.4. The summed E-state index contributed by atoms with van der Waals surface area (Å²) >= 11 is 12.7. The minimum atomic E-state index is -0.696. The van der Waals surface area contributed by atoms with Crippen LogP contribution in [0.4, 0.5) is 0 Å². The number of piperidine rings is 1. The van der Waals surface area contributed by atoms with E-state index in [1.54, 1.807) is 0 Å². The van der Waals surface area contributed by atoms with Gasteiger partial charge in [-0.3, -0.25) is 4.79 Å². The van der Waals surface area contributed by atoms with Gasteiger partial charge in [-0.15, -0.1) is 0 Å². The average Bonchev–Trinajstić information content (AvgIpc) is 3.45. The van der Waals surface area contributed by atoms with Crippen molar-refractivity contribution < 1.29 is 15.0 Å². The molecule has 0 spiro atoms. The van der Waals surface area contributed by atoms with Crippen molar-refractivity contribution in [3.63, 3.8) is 0 Å². The molecule has 2 fully saturated rings. The summed E-state index contributed by atoms with van der Waals surface area (Å²) in [5.74, 6) is -0.0197. The van der Waals surface area contributed by atoms with E-state index in [4.69, 9.17) is 23.2 Å². The Morgan fingerprint density at radius 3 is 2.32 bits per heavy atom. The van der Waals surface area contributed by atoms with Crippen LogP contribution in [-0.2, 0) is 4.79 Å². The first kappa shape index (κ1) is 26.7. The van der Waals surface area contributed by atoms with Gasteiger partial charge in [0.15, 0.2) is 0 Å². The number of hydrogen-bond donors (Lipinski definition) is 2. The molecule has 3 aliphatic rings. The molecule has 2 aromatic rings. The van der Waals surface area contributed by atoms with Crippen LogP contribution in [0.2, 0.25) is 10.0 Å². The van der Waals surface area contributed by atoms with Gasteiger partial charge >= 0.3 is 0 Å². The standard InChI is InChI=1S/C31H37Cl2NO3/c1-30(2)26(35)16-21(28(30)36)17-31(3)18-25(20-7-6-8-23(33)15-20)27(19-11-13-22(32)14-12-19)34(29(31)37)24-9-4-5-10-24/h4,6-9,11-15,21,24-28,35-36H,5,10,16-18H2,1-3H3/t21?,24?,25-,26?,27-,28?,31+/m1/s1. The summed E-state index contributed by atoms with van der Waals surface area (Å²) in [7, 11) is 0. The highest BCUT2D eigenvalue weighted by molar-refractivity contribution is 6.30. The molecule has 1 saturated heterocycles. The second-order valence-electron chi connectivity index (χ2n) is 12.2. The van der Waals surface area contributed by atoms with E-state index in [0.717, 1.165) is 24.0 Å². The first-order valence-corrected chi connectivity index (χ1v) is 14.1. The number of halogens is 2. The maximum absolute atomic E-state index is 14.6. The predicted octanol–water partition coefficient (Wildman–Crippen LogP) is 6.93. The average molecular weight is 543 g/mol. The highest BCUT2D eigenvalue weighted by atomic mass is 35.5. The largest absolute Gasteiger partial charge is 0.392 e. The summed E-state index contributed by atoms with van der Waals surface area (Å²) in [6.45, 7) is 5.88. The van der Waals surface area contributed by atoms with Gasteiger partial charge in [0.2, 0.25) is 5.91 Å². The lowest BCUT2D eigenvalue weighted by Crippen LogP contribution is -2.55. The number of allylic oxidation sites excluding steroid dienone is 1. The normalized spacial score (nSPS) is 35.3. The third-order valence-electron chi connectivity index (χ3n) is 9.24. The second kappa shape index (κ2) is 10.0. The molecular formula is C31H37Cl2NO3. The van der Waals surface area contributed by atoms with Crippen LogP contribution in [-0.4, -0.2) is 39.3 Å². The van der Waals surface area contributed by atoms with Gasteiger partial charge in [0.1, 0.15) is 0 Å². The van der Waals surface area contributed by atoms with Crippen molar-refractivity contribution in [2.45, 2.75) is 83.1 Å². The summed E-state index contributed by atoms with van der Waals surface area (Å²) in [5.41, 5.74) is 0.871. The number of carbonyl (C=O) groups excluding carboxylic acids is 1. The fourth-order valence-electron chi connectivity index (χ4n) is 7.08. The van der Waals surface area contributed by atoms with E-state index < -0.39 is 23.0 Å². The predicted molar refractivity (Wildman–Crippen MR) is 149 cm³/mol. The third kappa shape index (κ3) is 4.87. The van der Waals surface area contributed by atoms with Crippen molar-refractivity contribution in [2.75, 3.05) is 0 Å². The summed E-state index contributed by atoms with van der Waals surface area (Å²) in [5, 5.41) is 23.2. The topological polar surface area (TPSA) is 60.8 Å². The molecule has 7 atom stereocenters. The molecule has 0 bridgehead atoms. The molecule has 37 heavy (non-hydrogen) atoms.